The fourth-order valence-corrected chi connectivity index (χ4v) is 3.79. The molecule has 0 radical (unpaired) electrons. The summed E-state index contributed by atoms with van der Waals surface area (Å²) in [6.07, 6.45) is 3.74. The molecule has 3 rings (SSSR count). The molecule has 1 aromatic carbocycles. The second kappa shape index (κ2) is 6.98. The van der Waals surface area contributed by atoms with Crippen LogP contribution in [0, 0.1) is 5.41 Å². The van der Waals surface area contributed by atoms with E-state index in [4.69, 9.17) is 0 Å². The third kappa shape index (κ3) is 3.26. The maximum absolute atomic E-state index is 13.1. The number of aryl methyl sites for hydroxylation is 1. The van der Waals surface area contributed by atoms with Crippen molar-refractivity contribution in [3.8, 4) is 0 Å². The number of hydrogen-bond acceptors (Lipinski definition) is 2. The summed E-state index contributed by atoms with van der Waals surface area (Å²) < 4.78 is 1.89. The first-order chi connectivity index (χ1) is 12.3. The standard InChI is InChI=1S/C21H26N2O3/c1-15(2)9-11-21(20(25)26)10-6-12-23(14-21)19(24)18-13-16-7-4-5-8-17(16)22(18)3/h4-5,7-9,13H,6,10-12,14H2,1-3H3,(H,25,26). The third-order valence-electron chi connectivity index (χ3n) is 5.39. The fourth-order valence-electron chi connectivity index (χ4n) is 3.79. The lowest BCUT2D eigenvalue weighted by Gasteiger charge is -2.39. The average molecular weight is 354 g/mol. The van der Waals surface area contributed by atoms with E-state index in [1.807, 2.05) is 61.9 Å². The highest BCUT2D eigenvalue weighted by molar-refractivity contribution is 5.99. The molecule has 1 aliphatic rings. The molecule has 1 amide bonds. The molecule has 2 aromatic rings. The predicted molar refractivity (Wildman–Crippen MR) is 102 cm³/mol. The lowest BCUT2D eigenvalue weighted by molar-refractivity contribution is -0.151. The maximum Gasteiger partial charge on any atom is 0.311 e. The number of aromatic nitrogens is 1. The van der Waals surface area contributed by atoms with Gasteiger partial charge in [-0.1, -0.05) is 29.8 Å². The molecule has 1 saturated heterocycles. The maximum atomic E-state index is 13.1. The summed E-state index contributed by atoms with van der Waals surface area (Å²) in [5.41, 5.74) is 1.81. The molecule has 2 heterocycles. The van der Waals surface area contributed by atoms with E-state index in [0.29, 0.717) is 31.5 Å². The molecule has 1 fully saturated rings. The number of rotatable bonds is 4. The van der Waals surface area contributed by atoms with E-state index >= 15 is 0 Å². The number of fused-ring (bicyclic) bond motifs is 1. The zero-order valence-electron chi connectivity index (χ0n) is 15.7. The molecule has 138 valence electrons. The highest BCUT2D eigenvalue weighted by atomic mass is 16.4. The van der Waals surface area contributed by atoms with Crippen LogP contribution < -0.4 is 0 Å². The highest BCUT2D eigenvalue weighted by Crippen LogP contribution is 2.35. The first kappa shape index (κ1) is 18.2. The van der Waals surface area contributed by atoms with Gasteiger partial charge in [-0.3, -0.25) is 9.59 Å². The van der Waals surface area contributed by atoms with Crippen LogP contribution in [0.1, 0.15) is 43.6 Å². The minimum absolute atomic E-state index is 0.0915. The molecular weight excluding hydrogens is 328 g/mol. The van der Waals surface area contributed by atoms with E-state index in [1.54, 1.807) is 4.90 Å². The second-order valence-corrected chi connectivity index (χ2v) is 7.55. The van der Waals surface area contributed by atoms with Gasteiger partial charge < -0.3 is 14.6 Å². The van der Waals surface area contributed by atoms with Crippen molar-refractivity contribution in [2.75, 3.05) is 13.1 Å². The van der Waals surface area contributed by atoms with Crippen molar-refractivity contribution in [1.82, 2.24) is 9.47 Å². The summed E-state index contributed by atoms with van der Waals surface area (Å²) in [6, 6.07) is 9.76. The number of benzene rings is 1. The number of nitrogens with zero attached hydrogens (tertiary/aromatic N) is 2. The quantitative estimate of drug-likeness (QED) is 0.849. The lowest BCUT2D eigenvalue weighted by Crippen LogP contribution is -2.50. The van der Waals surface area contributed by atoms with Crippen molar-refractivity contribution in [1.29, 1.82) is 0 Å². The molecule has 0 bridgehead atoms. The Labute approximate surface area is 153 Å². The van der Waals surface area contributed by atoms with E-state index in [2.05, 4.69) is 0 Å². The molecule has 1 aromatic heterocycles. The summed E-state index contributed by atoms with van der Waals surface area (Å²) in [7, 11) is 1.88. The summed E-state index contributed by atoms with van der Waals surface area (Å²) in [4.78, 5) is 26.9. The molecule has 26 heavy (non-hydrogen) atoms. The van der Waals surface area contributed by atoms with Gasteiger partial charge in [-0.2, -0.15) is 0 Å². The van der Waals surface area contributed by atoms with Crippen LogP contribution in [0.4, 0.5) is 0 Å². The number of carbonyl (C=O) groups excluding carboxylic acids is 1. The third-order valence-corrected chi connectivity index (χ3v) is 5.39. The Bertz CT molecular complexity index is 877. The Morgan fingerprint density at radius 3 is 2.65 bits per heavy atom. The number of aliphatic carboxylic acids is 1. The lowest BCUT2D eigenvalue weighted by atomic mass is 9.76. The van der Waals surface area contributed by atoms with Crippen molar-refractivity contribution in [2.24, 2.45) is 12.5 Å². The van der Waals surface area contributed by atoms with Gasteiger partial charge in [0, 0.05) is 31.0 Å². The Balaban J connectivity index is 1.90. The van der Waals surface area contributed by atoms with Crippen LogP contribution in [0.2, 0.25) is 0 Å². The number of para-hydroxylation sites is 1. The molecule has 1 unspecified atom stereocenters. The minimum atomic E-state index is -0.893. The normalized spacial score (nSPS) is 20.2. The Hall–Kier alpha value is -2.56. The van der Waals surface area contributed by atoms with Crippen molar-refractivity contribution < 1.29 is 14.7 Å². The fraction of sp³-hybridized carbons (Fsp3) is 0.429. The topological polar surface area (TPSA) is 62.5 Å². The molecule has 1 aliphatic heterocycles. The van der Waals surface area contributed by atoms with Gasteiger partial charge in [0.1, 0.15) is 5.69 Å². The molecule has 5 nitrogen and oxygen atoms in total. The van der Waals surface area contributed by atoms with Crippen molar-refractivity contribution in [2.45, 2.75) is 33.1 Å². The SMILES string of the molecule is CC(C)=CCC1(C(=O)O)CCCN(C(=O)c2cc3ccccc3n2C)C1. The van der Waals surface area contributed by atoms with Gasteiger partial charge in [-0.25, -0.2) is 0 Å². The molecule has 1 atom stereocenters. The van der Waals surface area contributed by atoms with Crippen LogP contribution in [0.5, 0.6) is 0 Å². The van der Waals surface area contributed by atoms with Crippen LogP contribution in [-0.4, -0.2) is 39.5 Å². The van der Waals surface area contributed by atoms with Crippen LogP contribution in [0.15, 0.2) is 42.0 Å². The van der Waals surface area contributed by atoms with E-state index in [9.17, 15) is 14.7 Å². The number of carbonyl (C=O) groups is 2. The molecule has 0 spiro atoms. The number of carboxylic acids is 1. The average Bonchev–Trinajstić information content (AvgIpc) is 2.96. The first-order valence-electron chi connectivity index (χ1n) is 9.04. The summed E-state index contributed by atoms with van der Waals surface area (Å²) in [5.74, 6) is -0.907. The smallest absolute Gasteiger partial charge is 0.311 e. The molecule has 0 saturated carbocycles. The van der Waals surface area contributed by atoms with Gasteiger partial charge in [-0.05, 0) is 45.2 Å². The highest BCUT2D eigenvalue weighted by Gasteiger charge is 2.43. The van der Waals surface area contributed by atoms with Crippen molar-refractivity contribution >= 4 is 22.8 Å². The van der Waals surface area contributed by atoms with E-state index in [0.717, 1.165) is 16.5 Å². The van der Waals surface area contributed by atoms with Crippen LogP contribution in [0.3, 0.4) is 0 Å². The van der Waals surface area contributed by atoms with Gasteiger partial charge in [0.25, 0.3) is 5.91 Å². The Kier molecular flexibility index (Phi) is 4.90. The molecule has 1 N–H and O–H groups in total. The summed E-state index contributed by atoms with van der Waals surface area (Å²) >= 11 is 0. The van der Waals surface area contributed by atoms with Gasteiger partial charge in [-0.15, -0.1) is 0 Å². The predicted octanol–water partition coefficient (Wildman–Crippen LogP) is 3.84. The van der Waals surface area contributed by atoms with Gasteiger partial charge in [0.05, 0.1) is 5.41 Å². The number of amides is 1. The number of carboxylic acid groups (broad SMARTS) is 1. The number of hydrogen-bond donors (Lipinski definition) is 1. The van der Waals surface area contributed by atoms with Gasteiger partial charge in [0.15, 0.2) is 0 Å². The molecular formula is C21H26N2O3. The number of piperidine rings is 1. The van der Waals surface area contributed by atoms with Gasteiger partial charge >= 0.3 is 5.97 Å². The second-order valence-electron chi connectivity index (χ2n) is 7.55. The Morgan fingerprint density at radius 1 is 1.27 bits per heavy atom. The van der Waals surface area contributed by atoms with E-state index < -0.39 is 11.4 Å². The first-order valence-corrected chi connectivity index (χ1v) is 9.04. The zero-order valence-corrected chi connectivity index (χ0v) is 15.7. The minimum Gasteiger partial charge on any atom is -0.481 e. The van der Waals surface area contributed by atoms with Crippen molar-refractivity contribution in [3.05, 3.63) is 47.7 Å². The molecule has 5 heteroatoms. The number of likely N-dealkylation sites (tertiary alicyclic amines) is 1. The summed E-state index contributed by atoms with van der Waals surface area (Å²) in [6.45, 7) is 4.80. The van der Waals surface area contributed by atoms with Crippen LogP contribution in [-0.2, 0) is 11.8 Å². The largest absolute Gasteiger partial charge is 0.481 e. The molecule has 0 aliphatic carbocycles. The van der Waals surface area contributed by atoms with Crippen molar-refractivity contribution in [3.63, 3.8) is 0 Å². The monoisotopic (exact) mass is 354 g/mol. The van der Waals surface area contributed by atoms with E-state index in [1.165, 1.54) is 0 Å². The zero-order chi connectivity index (χ0) is 18.9. The van der Waals surface area contributed by atoms with Gasteiger partial charge in [0.2, 0.25) is 0 Å². The van der Waals surface area contributed by atoms with E-state index in [-0.39, 0.29) is 12.5 Å². The summed E-state index contributed by atoms with van der Waals surface area (Å²) in [5, 5.41) is 10.9. The van der Waals surface area contributed by atoms with Crippen LogP contribution in [0.25, 0.3) is 10.9 Å². The van der Waals surface area contributed by atoms with Crippen LogP contribution >= 0.6 is 0 Å². The Morgan fingerprint density at radius 2 is 2.00 bits per heavy atom. The number of allylic oxidation sites excluding steroid dienone is 2.